The average molecular weight is 543 g/mol. The Hall–Kier alpha value is -1.55. The fourth-order valence-corrected chi connectivity index (χ4v) is 4.29. The van der Waals surface area contributed by atoms with Gasteiger partial charge in [0.2, 0.25) is 5.91 Å². The van der Waals surface area contributed by atoms with E-state index in [2.05, 4.69) is 39.2 Å². The number of halogens is 1. The van der Waals surface area contributed by atoms with Crippen molar-refractivity contribution in [3.05, 3.63) is 29.8 Å². The molecular weight excluding hydrogens is 505 g/mol. The number of likely N-dealkylation sites (tertiary alicyclic amines) is 1. The van der Waals surface area contributed by atoms with Crippen LogP contribution in [0.5, 0.6) is 5.75 Å². The number of ether oxygens (including phenoxy) is 1. The summed E-state index contributed by atoms with van der Waals surface area (Å²) in [4.78, 5) is 23.8. The predicted molar refractivity (Wildman–Crippen MR) is 137 cm³/mol. The standard InChI is InChI=1S/C23H37N5O2.HI/c1-4-30-21-9-7-8-20(18-21)10-11-25-23(24-3)28-16-14-26(15-17-28)19(2)22(29)27-12-5-6-13-27;/h7-9,18-19H,4-6,10-17H2,1-3H3,(H,24,25);1H. The van der Waals surface area contributed by atoms with Crippen molar-refractivity contribution in [1.82, 2.24) is 20.0 Å². The second-order valence-corrected chi connectivity index (χ2v) is 8.04. The number of benzene rings is 1. The normalized spacial score (nSPS) is 18.5. The monoisotopic (exact) mass is 543 g/mol. The van der Waals surface area contributed by atoms with E-state index in [4.69, 9.17) is 4.74 Å². The molecule has 3 rings (SSSR count). The first-order valence-corrected chi connectivity index (χ1v) is 11.3. The van der Waals surface area contributed by atoms with E-state index in [1.54, 1.807) is 0 Å². The van der Waals surface area contributed by atoms with E-state index in [0.29, 0.717) is 6.61 Å². The van der Waals surface area contributed by atoms with Crippen molar-refractivity contribution in [3.63, 3.8) is 0 Å². The smallest absolute Gasteiger partial charge is 0.239 e. The highest BCUT2D eigenvalue weighted by Crippen LogP contribution is 2.15. The number of carbonyl (C=O) groups is 1. The highest BCUT2D eigenvalue weighted by Gasteiger charge is 2.30. The van der Waals surface area contributed by atoms with Crippen LogP contribution in [0, 0.1) is 0 Å². The zero-order valence-corrected chi connectivity index (χ0v) is 21.5. The van der Waals surface area contributed by atoms with E-state index in [1.807, 2.05) is 31.0 Å². The number of nitrogens with one attached hydrogen (secondary N) is 1. The third-order valence-corrected chi connectivity index (χ3v) is 6.05. The molecule has 2 fully saturated rings. The summed E-state index contributed by atoms with van der Waals surface area (Å²) < 4.78 is 5.58. The van der Waals surface area contributed by atoms with Crippen LogP contribution < -0.4 is 10.1 Å². The maximum Gasteiger partial charge on any atom is 0.239 e. The first-order valence-electron chi connectivity index (χ1n) is 11.3. The van der Waals surface area contributed by atoms with E-state index in [1.165, 1.54) is 5.56 Å². The average Bonchev–Trinajstić information content (AvgIpc) is 3.31. The van der Waals surface area contributed by atoms with Gasteiger partial charge in [0.15, 0.2) is 5.96 Å². The quantitative estimate of drug-likeness (QED) is 0.326. The topological polar surface area (TPSA) is 60.4 Å². The van der Waals surface area contributed by atoms with Gasteiger partial charge in [0.25, 0.3) is 0 Å². The molecule has 0 aliphatic carbocycles. The fraction of sp³-hybridized carbons (Fsp3) is 0.652. The Bertz CT molecular complexity index is 716. The summed E-state index contributed by atoms with van der Waals surface area (Å²) >= 11 is 0. The second kappa shape index (κ2) is 13.1. The van der Waals surface area contributed by atoms with Crippen LogP contribution in [-0.4, -0.2) is 92.1 Å². The summed E-state index contributed by atoms with van der Waals surface area (Å²) in [6.45, 7) is 11.0. The van der Waals surface area contributed by atoms with Gasteiger partial charge >= 0.3 is 0 Å². The molecule has 8 heteroatoms. The first kappa shape index (κ1) is 25.7. The van der Waals surface area contributed by atoms with Crippen molar-refractivity contribution in [2.45, 2.75) is 39.2 Å². The summed E-state index contributed by atoms with van der Waals surface area (Å²) in [6, 6.07) is 8.24. The molecule has 2 aliphatic heterocycles. The van der Waals surface area contributed by atoms with Crippen LogP contribution in [0.2, 0.25) is 0 Å². The SMILES string of the molecule is CCOc1cccc(CCNC(=NC)N2CCN(C(C)C(=O)N3CCCC3)CC2)c1.I. The molecule has 174 valence electrons. The highest BCUT2D eigenvalue weighted by molar-refractivity contribution is 14.0. The molecule has 1 atom stereocenters. The number of amides is 1. The first-order chi connectivity index (χ1) is 14.6. The lowest BCUT2D eigenvalue weighted by molar-refractivity contribution is -0.135. The Labute approximate surface area is 204 Å². The minimum atomic E-state index is -0.0298. The van der Waals surface area contributed by atoms with Crippen LogP contribution in [0.3, 0.4) is 0 Å². The van der Waals surface area contributed by atoms with Gasteiger partial charge in [-0.05, 0) is 50.8 Å². The molecule has 2 saturated heterocycles. The molecule has 1 aromatic rings. The molecule has 0 radical (unpaired) electrons. The molecule has 1 N–H and O–H groups in total. The number of carbonyl (C=O) groups excluding carboxylic acids is 1. The number of hydrogen-bond donors (Lipinski definition) is 1. The molecule has 1 aromatic carbocycles. The van der Waals surface area contributed by atoms with Crippen LogP contribution >= 0.6 is 24.0 Å². The highest BCUT2D eigenvalue weighted by atomic mass is 127. The summed E-state index contributed by atoms with van der Waals surface area (Å²) in [5, 5.41) is 3.49. The Morgan fingerprint density at radius 1 is 1.13 bits per heavy atom. The molecule has 0 saturated carbocycles. The lowest BCUT2D eigenvalue weighted by atomic mass is 10.1. The van der Waals surface area contributed by atoms with Gasteiger partial charge in [-0.25, -0.2) is 0 Å². The van der Waals surface area contributed by atoms with Gasteiger partial charge < -0.3 is 19.9 Å². The van der Waals surface area contributed by atoms with E-state index < -0.39 is 0 Å². The molecule has 2 aliphatic rings. The lowest BCUT2D eigenvalue weighted by Crippen LogP contribution is -2.57. The maximum atomic E-state index is 12.7. The van der Waals surface area contributed by atoms with Gasteiger partial charge in [-0.2, -0.15) is 0 Å². The number of aliphatic imine (C=N–C) groups is 1. The van der Waals surface area contributed by atoms with E-state index >= 15 is 0 Å². The van der Waals surface area contributed by atoms with E-state index in [0.717, 1.165) is 76.8 Å². The minimum absolute atomic E-state index is 0. The van der Waals surface area contributed by atoms with Crippen LogP contribution in [0.1, 0.15) is 32.3 Å². The van der Waals surface area contributed by atoms with Crippen molar-refractivity contribution in [2.24, 2.45) is 4.99 Å². The van der Waals surface area contributed by atoms with Gasteiger partial charge in [-0.3, -0.25) is 14.7 Å². The molecule has 2 heterocycles. The van der Waals surface area contributed by atoms with Crippen LogP contribution in [0.25, 0.3) is 0 Å². The fourth-order valence-electron chi connectivity index (χ4n) is 4.29. The molecule has 0 bridgehead atoms. The summed E-state index contributed by atoms with van der Waals surface area (Å²) in [7, 11) is 1.84. The number of rotatable bonds is 7. The maximum absolute atomic E-state index is 12.7. The largest absolute Gasteiger partial charge is 0.494 e. The van der Waals surface area contributed by atoms with Gasteiger partial charge in [-0.15, -0.1) is 24.0 Å². The number of piperazine rings is 1. The van der Waals surface area contributed by atoms with Crippen molar-refractivity contribution in [2.75, 3.05) is 59.5 Å². The van der Waals surface area contributed by atoms with E-state index in [9.17, 15) is 4.79 Å². The van der Waals surface area contributed by atoms with E-state index in [-0.39, 0.29) is 35.9 Å². The third kappa shape index (κ3) is 7.24. The molecule has 1 amide bonds. The molecule has 0 aromatic heterocycles. The zero-order chi connectivity index (χ0) is 21.3. The second-order valence-electron chi connectivity index (χ2n) is 8.04. The van der Waals surface area contributed by atoms with Crippen molar-refractivity contribution in [1.29, 1.82) is 0 Å². The minimum Gasteiger partial charge on any atom is -0.494 e. The van der Waals surface area contributed by atoms with Gasteiger partial charge in [0.1, 0.15) is 5.75 Å². The number of nitrogens with zero attached hydrogens (tertiary/aromatic N) is 4. The molecular formula is C23H38IN5O2. The number of guanidine groups is 1. The summed E-state index contributed by atoms with van der Waals surface area (Å²) in [5.74, 6) is 2.15. The Kier molecular flexibility index (Phi) is 10.9. The lowest BCUT2D eigenvalue weighted by Gasteiger charge is -2.39. The van der Waals surface area contributed by atoms with Gasteiger partial charge in [-0.1, -0.05) is 12.1 Å². The Morgan fingerprint density at radius 3 is 2.48 bits per heavy atom. The molecule has 7 nitrogen and oxygen atoms in total. The van der Waals surface area contributed by atoms with Crippen LogP contribution in [0.4, 0.5) is 0 Å². The van der Waals surface area contributed by atoms with Gasteiger partial charge in [0, 0.05) is 52.9 Å². The van der Waals surface area contributed by atoms with Crippen molar-refractivity contribution >= 4 is 35.8 Å². The Balaban J connectivity index is 0.00000341. The zero-order valence-electron chi connectivity index (χ0n) is 19.2. The van der Waals surface area contributed by atoms with Crippen LogP contribution in [0.15, 0.2) is 29.3 Å². The molecule has 1 unspecified atom stereocenters. The molecule has 31 heavy (non-hydrogen) atoms. The predicted octanol–water partition coefficient (Wildman–Crippen LogP) is 2.45. The third-order valence-electron chi connectivity index (χ3n) is 6.05. The molecule has 0 spiro atoms. The van der Waals surface area contributed by atoms with Gasteiger partial charge in [0.05, 0.1) is 12.6 Å². The van der Waals surface area contributed by atoms with Crippen molar-refractivity contribution < 1.29 is 9.53 Å². The Morgan fingerprint density at radius 2 is 1.84 bits per heavy atom. The summed E-state index contributed by atoms with van der Waals surface area (Å²) in [5.41, 5.74) is 1.25. The van der Waals surface area contributed by atoms with Crippen LogP contribution in [-0.2, 0) is 11.2 Å². The van der Waals surface area contributed by atoms with Crippen molar-refractivity contribution in [3.8, 4) is 5.75 Å². The summed E-state index contributed by atoms with van der Waals surface area (Å²) in [6.07, 6.45) is 3.20. The number of hydrogen-bond acceptors (Lipinski definition) is 4.